The number of halogens is 3. The molecule has 0 atom stereocenters. The molecule has 2 rings (SSSR count). The number of carbonyl (C=O) groups is 1. The number of hydrogen-bond acceptors (Lipinski definition) is 4. The molecule has 0 radical (unpaired) electrons. The minimum atomic E-state index is -1.33. The summed E-state index contributed by atoms with van der Waals surface area (Å²) in [5, 5.41) is 2.45. The Kier molecular flexibility index (Phi) is 4.02. The first kappa shape index (κ1) is 14.7. The number of ether oxygens (including phenoxy) is 1. The summed E-state index contributed by atoms with van der Waals surface area (Å²) in [5.41, 5.74) is 5.71. The summed E-state index contributed by atoms with van der Waals surface area (Å²) in [6.45, 7) is 0. The maximum Gasteiger partial charge on any atom is 0.337 e. The molecule has 3 N–H and O–H groups in total. The summed E-state index contributed by atoms with van der Waals surface area (Å²) < 4.78 is 44.4. The van der Waals surface area contributed by atoms with E-state index in [-0.39, 0.29) is 16.9 Å². The smallest absolute Gasteiger partial charge is 0.337 e. The molecule has 0 bridgehead atoms. The van der Waals surface area contributed by atoms with E-state index in [1.165, 1.54) is 25.3 Å². The second kappa shape index (κ2) is 5.74. The van der Waals surface area contributed by atoms with E-state index >= 15 is 0 Å². The van der Waals surface area contributed by atoms with Crippen LogP contribution in [0.1, 0.15) is 10.4 Å². The molecule has 0 aromatic heterocycles. The largest absolute Gasteiger partial charge is 0.465 e. The molecule has 0 saturated heterocycles. The van der Waals surface area contributed by atoms with Gasteiger partial charge in [0, 0.05) is 12.1 Å². The molecule has 0 saturated carbocycles. The molecule has 0 aliphatic rings. The predicted octanol–water partition coefficient (Wildman–Crippen LogP) is 3.22. The van der Waals surface area contributed by atoms with E-state index in [1.54, 1.807) is 0 Å². The minimum absolute atomic E-state index is 0.127. The third kappa shape index (κ3) is 3.07. The van der Waals surface area contributed by atoms with Gasteiger partial charge in [0.2, 0.25) is 0 Å². The van der Waals surface area contributed by atoms with Crippen LogP contribution in [-0.4, -0.2) is 13.1 Å². The van der Waals surface area contributed by atoms with Crippen LogP contribution in [0.3, 0.4) is 0 Å². The van der Waals surface area contributed by atoms with Gasteiger partial charge >= 0.3 is 5.97 Å². The Labute approximate surface area is 118 Å². The summed E-state index contributed by atoms with van der Waals surface area (Å²) in [6.07, 6.45) is 0. The minimum Gasteiger partial charge on any atom is -0.465 e. The maximum atomic E-state index is 13.6. The molecule has 0 spiro atoms. The van der Waals surface area contributed by atoms with Crippen molar-refractivity contribution in [3.63, 3.8) is 0 Å². The van der Waals surface area contributed by atoms with Gasteiger partial charge in [-0.25, -0.2) is 18.0 Å². The number of anilines is 3. The lowest BCUT2D eigenvalue weighted by atomic mass is 10.1. The van der Waals surface area contributed by atoms with Crippen LogP contribution >= 0.6 is 0 Å². The predicted molar refractivity (Wildman–Crippen MR) is 71.8 cm³/mol. The van der Waals surface area contributed by atoms with Gasteiger partial charge in [-0.05, 0) is 18.2 Å². The highest BCUT2D eigenvalue weighted by Crippen LogP contribution is 2.28. The molecule has 110 valence electrons. The summed E-state index contributed by atoms with van der Waals surface area (Å²) in [4.78, 5) is 11.4. The van der Waals surface area contributed by atoms with Crippen LogP contribution in [0, 0.1) is 17.5 Å². The fourth-order valence-corrected chi connectivity index (χ4v) is 1.70. The first-order valence-electron chi connectivity index (χ1n) is 5.81. The third-order valence-corrected chi connectivity index (χ3v) is 2.74. The third-order valence-electron chi connectivity index (χ3n) is 2.74. The Bertz CT molecular complexity index is 705. The molecule has 2 aromatic rings. The Morgan fingerprint density at radius 3 is 2.52 bits per heavy atom. The van der Waals surface area contributed by atoms with Crippen molar-refractivity contribution < 1.29 is 22.7 Å². The van der Waals surface area contributed by atoms with Gasteiger partial charge < -0.3 is 15.8 Å². The first-order chi connectivity index (χ1) is 9.92. The summed E-state index contributed by atoms with van der Waals surface area (Å²) in [5.74, 6) is -4.15. The van der Waals surface area contributed by atoms with Crippen molar-refractivity contribution in [3.8, 4) is 0 Å². The zero-order chi connectivity index (χ0) is 15.6. The average molecular weight is 296 g/mol. The number of rotatable bonds is 3. The summed E-state index contributed by atoms with van der Waals surface area (Å²) >= 11 is 0. The Balaban J connectivity index is 2.42. The fraction of sp³-hybridized carbons (Fsp3) is 0.0714. The molecule has 2 aromatic carbocycles. The Hall–Kier alpha value is -2.70. The highest BCUT2D eigenvalue weighted by molar-refractivity contribution is 5.92. The number of esters is 1. The molecular weight excluding hydrogens is 285 g/mol. The number of nitrogen functional groups attached to an aromatic ring is 1. The highest BCUT2D eigenvalue weighted by atomic mass is 19.2. The summed E-state index contributed by atoms with van der Waals surface area (Å²) in [6, 6.07) is 5.30. The van der Waals surface area contributed by atoms with Gasteiger partial charge in [0.25, 0.3) is 0 Å². The zero-order valence-electron chi connectivity index (χ0n) is 10.9. The van der Waals surface area contributed by atoms with Crippen LogP contribution < -0.4 is 11.1 Å². The van der Waals surface area contributed by atoms with Crippen LogP contribution in [-0.2, 0) is 4.74 Å². The quantitative estimate of drug-likeness (QED) is 0.518. The van der Waals surface area contributed by atoms with Gasteiger partial charge in [-0.15, -0.1) is 0 Å². The average Bonchev–Trinajstić information content (AvgIpc) is 2.45. The van der Waals surface area contributed by atoms with E-state index in [1.807, 2.05) is 0 Å². The molecule has 0 heterocycles. The second-order valence-electron chi connectivity index (χ2n) is 4.17. The molecule has 0 unspecified atom stereocenters. The van der Waals surface area contributed by atoms with Crippen molar-refractivity contribution in [2.75, 3.05) is 18.2 Å². The normalized spacial score (nSPS) is 10.3. The molecule has 0 amide bonds. The van der Waals surface area contributed by atoms with Crippen LogP contribution in [0.5, 0.6) is 0 Å². The molecule has 21 heavy (non-hydrogen) atoms. The Morgan fingerprint density at radius 1 is 1.14 bits per heavy atom. The zero-order valence-corrected chi connectivity index (χ0v) is 10.9. The second-order valence-corrected chi connectivity index (χ2v) is 4.17. The van der Waals surface area contributed by atoms with Gasteiger partial charge in [0.15, 0.2) is 11.6 Å². The van der Waals surface area contributed by atoms with Crippen molar-refractivity contribution in [3.05, 3.63) is 53.3 Å². The number of methoxy groups -OCH3 is 1. The van der Waals surface area contributed by atoms with Gasteiger partial charge in [0.05, 0.1) is 29.7 Å². The van der Waals surface area contributed by atoms with E-state index in [2.05, 4.69) is 10.1 Å². The lowest BCUT2D eigenvalue weighted by Crippen LogP contribution is -2.05. The molecule has 0 aliphatic heterocycles. The number of benzene rings is 2. The van der Waals surface area contributed by atoms with Crippen molar-refractivity contribution in [1.29, 1.82) is 0 Å². The highest BCUT2D eigenvalue weighted by Gasteiger charge is 2.14. The van der Waals surface area contributed by atoms with Crippen molar-refractivity contribution in [1.82, 2.24) is 0 Å². The molecule has 0 aliphatic carbocycles. The molecule has 4 nitrogen and oxygen atoms in total. The molecular formula is C14H11F3N2O2. The van der Waals surface area contributed by atoms with Crippen LogP contribution in [0.4, 0.5) is 30.2 Å². The van der Waals surface area contributed by atoms with E-state index in [0.717, 1.165) is 6.07 Å². The van der Waals surface area contributed by atoms with Crippen LogP contribution in [0.25, 0.3) is 0 Å². The standard InChI is InChI=1S/C14H11F3N2O2/c1-21-14(20)7-2-3-10(18)11(4-7)19-12-6-8(15)5-9(16)13(12)17/h2-6,19H,18H2,1H3. The van der Waals surface area contributed by atoms with Crippen LogP contribution in [0.2, 0.25) is 0 Å². The van der Waals surface area contributed by atoms with Gasteiger partial charge in [-0.1, -0.05) is 0 Å². The SMILES string of the molecule is COC(=O)c1ccc(N)c(Nc2cc(F)cc(F)c2F)c1. The monoisotopic (exact) mass is 296 g/mol. The lowest BCUT2D eigenvalue weighted by molar-refractivity contribution is 0.0601. The lowest BCUT2D eigenvalue weighted by Gasteiger charge is -2.12. The number of nitrogens with one attached hydrogen (secondary N) is 1. The first-order valence-corrected chi connectivity index (χ1v) is 5.81. The van der Waals surface area contributed by atoms with Gasteiger partial charge in [-0.2, -0.15) is 0 Å². The van der Waals surface area contributed by atoms with Crippen molar-refractivity contribution in [2.24, 2.45) is 0 Å². The van der Waals surface area contributed by atoms with E-state index in [4.69, 9.17) is 5.73 Å². The van der Waals surface area contributed by atoms with Crippen LogP contribution in [0.15, 0.2) is 30.3 Å². The van der Waals surface area contributed by atoms with E-state index in [9.17, 15) is 18.0 Å². The van der Waals surface area contributed by atoms with Crippen molar-refractivity contribution in [2.45, 2.75) is 0 Å². The maximum absolute atomic E-state index is 13.6. The van der Waals surface area contributed by atoms with E-state index < -0.39 is 29.1 Å². The Morgan fingerprint density at radius 2 is 1.86 bits per heavy atom. The number of carbonyl (C=O) groups excluding carboxylic acids is 1. The van der Waals surface area contributed by atoms with Gasteiger partial charge in [-0.3, -0.25) is 0 Å². The van der Waals surface area contributed by atoms with Crippen molar-refractivity contribution >= 4 is 23.0 Å². The number of nitrogens with two attached hydrogens (primary N) is 1. The number of hydrogen-bond donors (Lipinski definition) is 2. The van der Waals surface area contributed by atoms with Gasteiger partial charge in [0.1, 0.15) is 5.82 Å². The summed E-state index contributed by atoms with van der Waals surface area (Å²) in [7, 11) is 1.20. The molecule has 0 fully saturated rings. The fourth-order valence-electron chi connectivity index (χ4n) is 1.70. The van der Waals surface area contributed by atoms with E-state index in [0.29, 0.717) is 6.07 Å². The topological polar surface area (TPSA) is 64.3 Å². The molecule has 7 heteroatoms.